The third-order valence-electron chi connectivity index (χ3n) is 5.09. The Bertz CT molecular complexity index is 903. The van der Waals surface area contributed by atoms with E-state index in [-0.39, 0.29) is 5.92 Å². The highest BCUT2D eigenvalue weighted by molar-refractivity contribution is 5.83. The predicted molar refractivity (Wildman–Crippen MR) is 104 cm³/mol. The minimum Gasteiger partial charge on any atom is -0.486 e. The van der Waals surface area contributed by atoms with Gasteiger partial charge in [-0.25, -0.2) is 0 Å². The number of hydrogen-bond donors (Lipinski definition) is 1. The van der Waals surface area contributed by atoms with Crippen molar-refractivity contribution in [3.63, 3.8) is 0 Å². The lowest BCUT2D eigenvalue weighted by Gasteiger charge is -2.25. The Labute approximate surface area is 154 Å². The molecule has 1 N–H and O–H groups in total. The van der Waals surface area contributed by atoms with E-state index in [9.17, 15) is 5.11 Å². The van der Waals surface area contributed by atoms with Crippen molar-refractivity contribution < 1.29 is 14.6 Å². The normalized spacial score (nSPS) is 15.6. The van der Waals surface area contributed by atoms with Gasteiger partial charge in [0, 0.05) is 5.92 Å². The van der Waals surface area contributed by atoms with Crippen molar-refractivity contribution >= 4 is 10.8 Å². The second-order valence-electron chi connectivity index (χ2n) is 6.85. The average Bonchev–Trinajstić information content (AvgIpc) is 2.71. The van der Waals surface area contributed by atoms with Crippen LogP contribution in [0.5, 0.6) is 11.5 Å². The third kappa shape index (κ3) is 3.27. The van der Waals surface area contributed by atoms with Gasteiger partial charge in [0.25, 0.3) is 0 Å². The first-order valence-electron chi connectivity index (χ1n) is 9.32. The summed E-state index contributed by atoms with van der Waals surface area (Å²) in [6.07, 6.45) is 1.36. The number of ether oxygens (including phenoxy) is 2. The molecule has 134 valence electrons. The largest absolute Gasteiger partial charge is 0.486 e. The maximum atomic E-state index is 11.1. The molecule has 1 aliphatic rings. The monoisotopic (exact) mass is 348 g/mol. The Balaban J connectivity index is 1.68. The molecule has 3 heteroatoms. The summed E-state index contributed by atoms with van der Waals surface area (Å²) in [5, 5.41) is 13.6. The van der Waals surface area contributed by atoms with Gasteiger partial charge in [-0.1, -0.05) is 61.9 Å². The molecule has 0 radical (unpaired) electrons. The zero-order chi connectivity index (χ0) is 17.9. The summed E-state index contributed by atoms with van der Waals surface area (Å²) in [5.41, 5.74) is 2.05. The highest BCUT2D eigenvalue weighted by Crippen LogP contribution is 2.39. The molecule has 1 heterocycles. The molecule has 0 saturated heterocycles. The van der Waals surface area contributed by atoms with E-state index in [0.29, 0.717) is 13.2 Å². The maximum absolute atomic E-state index is 11.1. The van der Waals surface area contributed by atoms with Crippen molar-refractivity contribution in [1.29, 1.82) is 0 Å². The second-order valence-corrected chi connectivity index (χ2v) is 6.85. The minimum atomic E-state index is -0.577. The van der Waals surface area contributed by atoms with Crippen LogP contribution in [0.25, 0.3) is 10.8 Å². The smallest absolute Gasteiger partial charge is 0.161 e. The van der Waals surface area contributed by atoms with Gasteiger partial charge in [0.15, 0.2) is 11.5 Å². The van der Waals surface area contributed by atoms with Gasteiger partial charge in [0.1, 0.15) is 13.2 Å². The Morgan fingerprint density at radius 1 is 0.846 bits per heavy atom. The first kappa shape index (κ1) is 16.9. The van der Waals surface area contributed by atoms with Crippen LogP contribution in [0.2, 0.25) is 0 Å². The van der Waals surface area contributed by atoms with Crippen molar-refractivity contribution in [2.24, 2.45) is 0 Å². The fraction of sp³-hybridized carbons (Fsp3) is 0.304. The zero-order valence-electron chi connectivity index (χ0n) is 15.0. The van der Waals surface area contributed by atoms with Crippen molar-refractivity contribution in [3.8, 4) is 11.5 Å². The zero-order valence-corrected chi connectivity index (χ0v) is 15.0. The SMILES string of the molecule is CCC[C@@H](c1ccc2ccccc2c1)[C@@H](O)c1ccc2c(c1)OCCO2. The second kappa shape index (κ2) is 7.38. The van der Waals surface area contributed by atoms with Crippen molar-refractivity contribution in [2.75, 3.05) is 13.2 Å². The summed E-state index contributed by atoms with van der Waals surface area (Å²) < 4.78 is 11.3. The van der Waals surface area contributed by atoms with Crippen molar-refractivity contribution in [2.45, 2.75) is 31.8 Å². The standard InChI is InChI=1S/C23H24O3/c1-2-5-20(18-9-8-16-6-3-4-7-17(16)14-18)23(24)19-10-11-21-22(15-19)26-13-12-25-21/h3-4,6-11,14-15,20,23-24H,2,5,12-13H2,1H3/t20-,23-/m0/s1. The minimum absolute atomic E-state index is 0.0483. The van der Waals surface area contributed by atoms with E-state index < -0.39 is 6.10 Å². The molecule has 0 fully saturated rings. The number of aliphatic hydroxyl groups is 1. The van der Waals surface area contributed by atoms with Crippen molar-refractivity contribution in [1.82, 2.24) is 0 Å². The summed E-state index contributed by atoms with van der Waals surface area (Å²) in [7, 11) is 0. The molecule has 4 rings (SSSR count). The first-order chi connectivity index (χ1) is 12.8. The summed E-state index contributed by atoms with van der Waals surface area (Å²) in [6, 6.07) is 20.6. The average molecular weight is 348 g/mol. The van der Waals surface area contributed by atoms with Crippen LogP contribution >= 0.6 is 0 Å². The van der Waals surface area contributed by atoms with Crippen LogP contribution in [0, 0.1) is 0 Å². The first-order valence-corrected chi connectivity index (χ1v) is 9.32. The predicted octanol–water partition coefficient (Wildman–Crippen LogP) is 5.23. The summed E-state index contributed by atoms with van der Waals surface area (Å²) in [6.45, 7) is 3.28. The van der Waals surface area contributed by atoms with Gasteiger partial charge in [-0.05, 0) is 40.5 Å². The fourth-order valence-corrected chi connectivity index (χ4v) is 3.73. The van der Waals surface area contributed by atoms with Crippen LogP contribution in [0.4, 0.5) is 0 Å². The maximum Gasteiger partial charge on any atom is 0.161 e. The van der Waals surface area contributed by atoms with E-state index in [4.69, 9.17) is 9.47 Å². The molecule has 0 aromatic heterocycles. The Hall–Kier alpha value is -2.52. The molecular formula is C23H24O3. The van der Waals surface area contributed by atoms with Crippen molar-refractivity contribution in [3.05, 3.63) is 71.8 Å². The van der Waals surface area contributed by atoms with Gasteiger partial charge in [0.2, 0.25) is 0 Å². The Kier molecular flexibility index (Phi) is 4.81. The quantitative estimate of drug-likeness (QED) is 0.686. The van der Waals surface area contributed by atoms with Gasteiger partial charge in [-0.2, -0.15) is 0 Å². The Morgan fingerprint density at radius 3 is 2.38 bits per heavy atom. The van der Waals surface area contributed by atoms with Crippen LogP contribution in [-0.2, 0) is 0 Å². The lowest BCUT2D eigenvalue weighted by molar-refractivity contribution is 0.137. The molecule has 0 unspecified atom stereocenters. The lowest BCUT2D eigenvalue weighted by atomic mass is 9.85. The molecule has 3 nitrogen and oxygen atoms in total. The highest BCUT2D eigenvalue weighted by Gasteiger charge is 2.24. The molecular weight excluding hydrogens is 324 g/mol. The van der Waals surface area contributed by atoms with E-state index in [1.807, 2.05) is 18.2 Å². The van der Waals surface area contributed by atoms with E-state index >= 15 is 0 Å². The highest BCUT2D eigenvalue weighted by atomic mass is 16.6. The third-order valence-corrected chi connectivity index (χ3v) is 5.09. The molecule has 1 aliphatic heterocycles. The Morgan fingerprint density at radius 2 is 1.58 bits per heavy atom. The molecule has 0 aliphatic carbocycles. The lowest BCUT2D eigenvalue weighted by Crippen LogP contribution is -2.16. The fourth-order valence-electron chi connectivity index (χ4n) is 3.73. The van der Waals surface area contributed by atoms with E-state index in [1.54, 1.807) is 0 Å². The van der Waals surface area contributed by atoms with Gasteiger partial charge < -0.3 is 14.6 Å². The molecule has 26 heavy (non-hydrogen) atoms. The summed E-state index contributed by atoms with van der Waals surface area (Å²) in [5.74, 6) is 1.53. The van der Waals surface area contributed by atoms with Gasteiger partial charge in [-0.15, -0.1) is 0 Å². The number of hydrogen-bond acceptors (Lipinski definition) is 3. The number of rotatable bonds is 5. The molecule has 2 atom stereocenters. The summed E-state index contributed by atoms with van der Waals surface area (Å²) in [4.78, 5) is 0. The number of fused-ring (bicyclic) bond motifs is 2. The molecule has 3 aromatic carbocycles. The molecule has 0 saturated carbocycles. The molecule has 3 aromatic rings. The van der Waals surface area contributed by atoms with Gasteiger partial charge in [-0.3, -0.25) is 0 Å². The summed E-state index contributed by atoms with van der Waals surface area (Å²) >= 11 is 0. The van der Waals surface area contributed by atoms with Gasteiger partial charge in [0.05, 0.1) is 6.10 Å². The molecule has 0 amide bonds. The van der Waals surface area contributed by atoms with E-state index in [0.717, 1.165) is 29.9 Å². The van der Waals surface area contributed by atoms with E-state index in [1.165, 1.54) is 16.3 Å². The van der Waals surface area contributed by atoms with Crippen LogP contribution in [0.15, 0.2) is 60.7 Å². The molecule has 0 bridgehead atoms. The van der Waals surface area contributed by atoms with Crippen LogP contribution in [0.3, 0.4) is 0 Å². The number of aliphatic hydroxyl groups excluding tert-OH is 1. The number of benzene rings is 3. The van der Waals surface area contributed by atoms with Gasteiger partial charge >= 0.3 is 0 Å². The topological polar surface area (TPSA) is 38.7 Å². The van der Waals surface area contributed by atoms with E-state index in [2.05, 4.69) is 49.4 Å². The van der Waals surface area contributed by atoms with Crippen LogP contribution in [-0.4, -0.2) is 18.3 Å². The molecule has 0 spiro atoms. The van der Waals surface area contributed by atoms with Crippen LogP contribution in [0.1, 0.15) is 42.9 Å². The van der Waals surface area contributed by atoms with Crippen LogP contribution < -0.4 is 9.47 Å².